The number of anilines is 1. The van der Waals surface area contributed by atoms with Crippen molar-refractivity contribution in [2.24, 2.45) is 5.92 Å². The molecule has 0 N–H and O–H groups in total. The van der Waals surface area contributed by atoms with Gasteiger partial charge in [0, 0.05) is 17.0 Å². The molecule has 0 radical (unpaired) electrons. The summed E-state index contributed by atoms with van der Waals surface area (Å²) in [4.78, 5) is 41.3. The van der Waals surface area contributed by atoms with Crippen molar-refractivity contribution in [2.75, 3.05) is 17.8 Å². The number of amides is 1. The Bertz CT molecular complexity index is 1380. The first-order chi connectivity index (χ1) is 19.0. The number of thioether (sulfide) groups is 1. The molecule has 2 atom stereocenters. The predicted octanol–water partition coefficient (Wildman–Crippen LogP) is 6.68. The van der Waals surface area contributed by atoms with Crippen molar-refractivity contribution in [3.63, 3.8) is 0 Å². The Morgan fingerprint density at radius 1 is 0.744 bits per heavy atom. The fourth-order valence-electron chi connectivity index (χ4n) is 4.41. The Balaban J connectivity index is 1.64. The van der Waals surface area contributed by atoms with Gasteiger partial charge in [0.2, 0.25) is 11.0 Å². The molecule has 5 nitrogen and oxygen atoms in total. The minimum Gasteiger partial charge on any atom is -0.467 e. The van der Waals surface area contributed by atoms with E-state index < -0.39 is 17.9 Å². The lowest BCUT2D eigenvalue weighted by atomic mass is 9.98. The van der Waals surface area contributed by atoms with Gasteiger partial charge in [-0.1, -0.05) is 115 Å². The first kappa shape index (κ1) is 27.9. The van der Waals surface area contributed by atoms with E-state index in [1.165, 1.54) is 12.0 Å². The van der Waals surface area contributed by atoms with Crippen LogP contribution in [0.25, 0.3) is 11.1 Å². The summed E-state index contributed by atoms with van der Waals surface area (Å²) in [6.45, 7) is 1.66. The maximum atomic E-state index is 14.2. The Hall–Kier alpha value is -4.16. The fraction of sp³-hybridized carbons (Fsp3) is 0.182. The van der Waals surface area contributed by atoms with E-state index in [0.717, 1.165) is 28.5 Å². The van der Waals surface area contributed by atoms with Crippen molar-refractivity contribution in [1.82, 2.24) is 0 Å². The zero-order valence-electron chi connectivity index (χ0n) is 22.0. The SMILES string of the molecule is COC(=O)[C@H](C)N(C(=O)[C@H](CSC(=O)c1ccccc1)Cc1ccccc1)c1ccc(-c2ccccc2)cc1. The maximum absolute atomic E-state index is 14.2. The van der Waals surface area contributed by atoms with Crippen LogP contribution in [0.4, 0.5) is 5.69 Å². The Kier molecular flexibility index (Phi) is 9.70. The number of methoxy groups -OCH3 is 1. The molecular formula is C33H31NO4S. The molecule has 0 saturated heterocycles. The zero-order chi connectivity index (χ0) is 27.6. The van der Waals surface area contributed by atoms with E-state index in [-0.39, 0.29) is 16.8 Å². The van der Waals surface area contributed by atoms with E-state index in [0.29, 0.717) is 17.7 Å². The zero-order valence-corrected chi connectivity index (χ0v) is 22.8. The van der Waals surface area contributed by atoms with Gasteiger partial charge < -0.3 is 4.74 Å². The van der Waals surface area contributed by atoms with Gasteiger partial charge in [0.05, 0.1) is 13.0 Å². The van der Waals surface area contributed by atoms with Crippen molar-refractivity contribution >= 4 is 34.4 Å². The van der Waals surface area contributed by atoms with Gasteiger partial charge in [-0.05, 0) is 42.2 Å². The average Bonchev–Trinajstić information content (AvgIpc) is 3.00. The quantitative estimate of drug-likeness (QED) is 0.211. The van der Waals surface area contributed by atoms with Gasteiger partial charge in [-0.2, -0.15) is 0 Å². The first-order valence-electron chi connectivity index (χ1n) is 12.8. The highest BCUT2D eigenvalue weighted by molar-refractivity contribution is 8.14. The van der Waals surface area contributed by atoms with Gasteiger partial charge >= 0.3 is 5.97 Å². The molecule has 198 valence electrons. The molecular weight excluding hydrogens is 506 g/mol. The fourth-order valence-corrected chi connectivity index (χ4v) is 5.33. The van der Waals surface area contributed by atoms with Crippen LogP contribution in [0, 0.1) is 5.92 Å². The highest BCUT2D eigenvalue weighted by atomic mass is 32.2. The maximum Gasteiger partial charge on any atom is 0.328 e. The lowest BCUT2D eigenvalue weighted by Crippen LogP contribution is -2.47. The molecule has 4 rings (SSSR count). The number of carbonyl (C=O) groups is 3. The number of carbonyl (C=O) groups excluding carboxylic acids is 3. The summed E-state index contributed by atoms with van der Waals surface area (Å²) in [5.74, 6) is -1.03. The van der Waals surface area contributed by atoms with Gasteiger partial charge in [-0.15, -0.1) is 0 Å². The number of esters is 1. The second-order valence-electron chi connectivity index (χ2n) is 9.17. The molecule has 0 aliphatic rings. The van der Waals surface area contributed by atoms with Crippen molar-refractivity contribution in [3.8, 4) is 11.1 Å². The highest BCUT2D eigenvalue weighted by Crippen LogP contribution is 2.28. The molecule has 39 heavy (non-hydrogen) atoms. The molecule has 0 aliphatic carbocycles. The summed E-state index contributed by atoms with van der Waals surface area (Å²) in [5, 5.41) is -0.0961. The van der Waals surface area contributed by atoms with Gasteiger partial charge in [0.1, 0.15) is 6.04 Å². The molecule has 0 bridgehead atoms. The number of hydrogen-bond donors (Lipinski definition) is 0. The third kappa shape index (κ3) is 7.24. The van der Waals surface area contributed by atoms with E-state index in [9.17, 15) is 14.4 Å². The molecule has 0 aromatic heterocycles. The minimum atomic E-state index is -0.849. The van der Waals surface area contributed by atoms with E-state index in [1.54, 1.807) is 19.1 Å². The second-order valence-corrected chi connectivity index (χ2v) is 10.2. The summed E-state index contributed by atoms with van der Waals surface area (Å²) >= 11 is 1.12. The van der Waals surface area contributed by atoms with Crippen LogP contribution in [0.3, 0.4) is 0 Å². The van der Waals surface area contributed by atoms with Crippen LogP contribution in [0.15, 0.2) is 115 Å². The Labute approximate surface area is 233 Å². The van der Waals surface area contributed by atoms with Gasteiger partial charge in [-0.3, -0.25) is 14.5 Å². The van der Waals surface area contributed by atoms with Crippen molar-refractivity contribution in [3.05, 3.63) is 126 Å². The van der Waals surface area contributed by atoms with E-state index >= 15 is 0 Å². The first-order valence-corrected chi connectivity index (χ1v) is 13.8. The van der Waals surface area contributed by atoms with Gasteiger partial charge in [-0.25, -0.2) is 4.79 Å². The molecule has 0 saturated carbocycles. The van der Waals surface area contributed by atoms with Gasteiger partial charge in [0.15, 0.2) is 0 Å². The second kappa shape index (κ2) is 13.6. The van der Waals surface area contributed by atoms with Crippen LogP contribution in [0.1, 0.15) is 22.8 Å². The minimum absolute atomic E-state index is 0.0961. The van der Waals surface area contributed by atoms with Crippen LogP contribution in [0.2, 0.25) is 0 Å². The molecule has 1 amide bonds. The third-order valence-corrected chi connectivity index (χ3v) is 7.59. The third-order valence-electron chi connectivity index (χ3n) is 6.52. The summed E-state index contributed by atoms with van der Waals surface area (Å²) in [7, 11) is 1.32. The number of nitrogens with zero attached hydrogens (tertiary/aromatic N) is 1. The predicted molar refractivity (Wildman–Crippen MR) is 158 cm³/mol. The van der Waals surface area contributed by atoms with Crippen molar-refractivity contribution < 1.29 is 19.1 Å². The monoisotopic (exact) mass is 537 g/mol. The molecule has 6 heteroatoms. The molecule has 0 unspecified atom stereocenters. The molecule has 0 heterocycles. The Morgan fingerprint density at radius 2 is 1.28 bits per heavy atom. The smallest absolute Gasteiger partial charge is 0.328 e. The molecule has 4 aromatic carbocycles. The summed E-state index contributed by atoms with van der Waals surface area (Å²) < 4.78 is 5.02. The van der Waals surface area contributed by atoms with Crippen LogP contribution in [-0.4, -0.2) is 35.9 Å². The van der Waals surface area contributed by atoms with E-state index in [1.807, 2.05) is 103 Å². The summed E-state index contributed by atoms with van der Waals surface area (Å²) in [6.07, 6.45) is 0.432. The van der Waals surface area contributed by atoms with Crippen LogP contribution in [0.5, 0.6) is 0 Å². The lowest BCUT2D eigenvalue weighted by molar-refractivity contribution is -0.143. The molecule has 0 spiro atoms. The Morgan fingerprint density at radius 3 is 1.87 bits per heavy atom. The van der Waals surface area contributed by atoms with Crippen LogP contribution < -0.4 is 4.90 Å². The number of hydrogen-bond acceptors (Lipinski definition) is 5. The van der Waals surface area contributed by atoms with E-state index in [2.05, 4.69) is 0 Å². The van der Waals surface area contributed by atoms with Crippen LogP contribution >= 0.6 is 11.8 Å². The topological polar surface area (TPSA) is 63.7 Å². The van der Waals surface area contributed by atoms with Crippen molar-refractivity contribution in [2.45, 2.75) is 19.4 Å². The summed E-state index contributed by atoms with van der Waals surface area (Å²) in [5.41, 5.74) is 4.22. The number of rotatable bonds is 10. The lowest BCUT2D eigenvalue weighted by Gasteiger charge is -2.31. The average molecular weight is 538 g/mol. The number of benzene rings is 4. The van der Waals surface area contributed by atoms with Crippen molar-refractivity contribution in [1.29, 1.82) is 0 Å². The normalized spacial score (nSPS) is 12.3. The molecule has 0 fully saturated rings. The molecule has 0 aliphatic heterocycles. The highest BCUT2D eigenvalue weighted by Gasteiger charge is 2.33. The standard InChI is InChI=1S/C33H31NO4S/c1-24(32(36)38-2)34(30-20-18-27(19-21-30)26-14-8-4-9-15-26)31(35)29(22-25-12-6-3-7-13-25)23-39-33(37)28-16-10-5-11-17-28/h3-21,24,29H,22-23H2,1-2H3/t24-,29-/m0/s1. The van der Waals surface area contributed by atoms with Crippen LogP contribution in [-0.2, 0) is 20.7 Å². The largest absolute Gasteiger partial charge is 0.467 e. The molecule has 4 aromatic rings. The van der Waals surface area contributed by atoms with Gasteiger partial charge in [0.25, 0.3) is 0 Å². The summed E-state index contributed by atoms with van der Waals surface area (Å²) in [6, 6.07) is 35.4. The number of ether oxygens (including phenoxy) is 1. The van der Waals surface area contributed by atoms with E-state index in [4.69, 9.17) is 4.74 Å².